The first kappa shape index (κ1) is 21.6. The van der Waals surface area contributed by atoms with Gasteiger partial charge in [0.15, 0.2) is 17.3 Å². The van der Waals surface area contributed by atoms with Crippen molar-refractivity contribution >= 4 is 11.8 Å². The highest BCUT2D eigenvalue weighted by Gasteiger charge is 2.42. The van der Waals surface area contributed by atoms with Gasteiger partial charge in [0, 0.05) is 18.1 Å². The standard InChI is InChI=1S/C22H25FO5/c1-12-14(3)22(4,20(28-6)13(2)19(12)21(25)26)10-9-17(24)15-7-8-18(27-5)16(23)11-15/h7-11,20H,1-6H3,(H,25,26). The van der Waals surface area contributed by atoms with E-state index in [0.717, 1.165) is 11.6 Å². The van der Waals surface area contributed by atoms with Gasteiger partial charge in [0.25, 0.3) is 0 Å². The molecule has 0 saturated carbocycles. The predicted octanol–water partition coefficient (Wildman–Crippen LogP) is 4.35. The highest BCUT2D eigenvalue weighted by atomic mass is 19.1. The van der Waals surface area contributed by atoms with Crippen LogP contribution in [-0.4, -0.2) is 37.2 Å². The largest absolute Gasteiger partial charge is 0.494 e. The van der Waals surface area contributed by atoms with Gasteiger partial charge in [0.1, 0.15) is 0 Å². The van der Waals surface area contributed by atoms with Crippen LogP contribution in [-0.2, 0) is 9.53 Å². The third-order valence-electron chi connectivity index (χ3n) is 5.54. The number of benzene rings is 1. The maximum atomic E-state index is 13.9. The molecule has 150 valence electrons. The third kappa shape index (κ3) is 3.64. The Bertz CT molecular complexity index is 910. The summed E-state index contributed by atoms with van der Waals surface area (Å²) in [5, 5.41) is 9.55. The molecule has 1 aromatic carbocycles. The number of aliphatic carboxylic acids is 1. The molecule has 0 radical (unpaired) electrons. The van der Waals surface area contributed by atoms with Crippen molar-refractivity contribution < 1.29 is 28.6 Å². The quantitative estimate of drug-likeness (QED) is 0.580. The number of halogens is 1. The van der Waals surface area contributed by atoms with Crippen molar-refractivity contribution in [2.24, 2.45) is 5.41 Å². The smallest absolute Gasteiger partial charge is 0.335 e. The minimum Gasteiger partial charge on any atom is -0.494 e. The zero-order valence-electron chi connectivity index (χ0n) is 16.9. The Morgan fingerprint density at radius 2 is 1.86 bits per heavy atom. The Hall–Kier alpha value is -2.73. The summed E-state index contributed by atoms with van der Waals surface area (Å²) in [5.74, 6) is -1.92. The van der Waals surface area contributed by atoms with Crippen LogP contribution in [0, 0.1) is 11.2 Å². The van der Waals surface area contributed by atoms with Crippen molar-refractivity contribution in [2.75, 3.05) is 14.2 Å². The highest BCUT2D eigenvalue weighted by Crippen LogP contribution is 2.45. The van der Waals surface area contributed by atoms with Gasteiger partial charge in [-0.05, 0) is 63.1 Å². The number of rotatable bonds is 6. The molecule has 5 nitrogen and oxygen atoms in total. The molecule has 1 aliphatic carbocycles. The number of carbonyl (C=O) groups excluding carboxylic acids is 1. The molecule has 0 saturated heterocycles. The molecule has 0 bridgehead atoms. The van der Waals surface area contributed by atoms with Gasteiger partial charge >= 0.3 is 5.97 Å². The lowest BCUT2D eigenvalue weighted by atomic mass is 9.67. The second-order valence-electron chi connectivity index (χ2n) is 7.06. The average Bonchev–Trinajstić information content (AvgIpc) is 2.64. The molecule has 2 rings (SSSR count). The normalized spacial score (nSPS) is 22.8. The van der Waals surface area contributed by atoms with Gasteiger partial charge in [0.05, 0.1) is 18.8 Å². The fourth-order valence-corrected chi connectivity index (χ4v) is 3.79. The second kappa shape index (κ2) is 8.10. The summed E-state index contributed by atoms with van der Waals surface area (Å²) < 4.78 is 24.4. The fraction of sp³-hybridized carbons (Fsp3) is 0.364. The second-order valence-corrected chi connectivity index (χ2v) is 7.06. The first-order valence-electron chi connectivity index (χ1n) is 8.80. The topological polar surface area (TPSA) is 72.8 Å². The van der Waals surface area contributed by atoms with Crippen LogP contribution in [0.15, 0.2) is 52.6 Å². The fourth-order valence-electron chi connectivity index (χ4n) is 3.79. The number of methoxy groups -OCH3 is 2. The van der Waals surface area contributed by atoms with Crippen LogP contribution in [0.1, 0.15) is 38.1 Å². The summed E-state index contributed by atoms with van der Waals surface area (Å²) in [4.78, 5) is 24.2. The summed E-state index contributed by atoms with van der Waals surface area (Å²) >= 11 is 0. The molecule has 28 heavy (non-hydrogen) atoms. The van der Waals surface area contributed by atoms with E-state index in [2.05, 4.69) is 0 Å². The Morgan fingerprint density at radius 3 is 2.36 bits per heavy atom. The summed E-state index contributed by atoms with van der Waals surface area (Å²) in [6, 6.07) is 4.02. The van der Waals surface area contributed by atoms with Gasteiger partial charge < -0.3 is 14.6 Å². The van der Waals surface area contributed by atoms with Crippen LogP contribution < -0.4 is 4.74 Å². The first-order valence-corrected chi connectivity index (χ1v) is 8.80. The summed E-state index contributed by atoms with van der Waals surface area (Å²) in [7, 11) is 2.86. The number of allylic oxidation sites excluding steroid dienone is 1. The lowest BCUT2D eigenvalue weighted by Crippen LogP contribution is -2.39. The zero-order chi connectivity index (χ0) is 21.2. The Kier molecular flexibility index (Phi) is 6.24. The molecule has 6 heteroatoms. The molecule has 1 aromatic rings. The van der Waals surface area contributed by atoms with E-state index >= 15 is 0 Å². The number of carbonyl (C=O) groups is 2. The number of carboxylic acid groups (broad SMARTS) is 1. The van der Waals surface area contributed by atoms with Gasteiger partial charge in [-0.3, -0.25) is 4.79 Å². The van der Waals surface area contributed by atoms with Crippen molar-refractivity contribution in [1.82, 2.24) is 0 Å². The van der Waals surface area contributed by atoms with E-state index in [4.69, 9.17) is 9.47 Å². The van der Waals surface area contributed by atoms with E-state index in [1.54, 1.807) is 19.9 Å². The van der Waals surface area contributed by atoms with Gasteiger partial charge in [-0.25, -0.2) is 9.18 Å². The molecule has 0 spiro atoms. The molecule has 0 amide bonds. The first-order chi connectivity index (χ1) is 13.1. The van der Waals surface area contributed by atoms with Crippen molar-refractivity contribution in [3.8, 4) is 5.75 Å². The summed E-state index contributed by atoms with van der Waals surface area (Å²) in [5.41, 5.74) is 1.75. The van der Waals surface area contributed by atoms with Crippen LogP contribution >= 0.6 is 0 Å². The van der Waals surface area contributed by atoms with E-state index in [1.807, 2.05) is 13.8 Å². The van der Waals surface area contributed by atoms with E-state index < -0.39 is 23.3 Å². The molecule has 1 N–H and O–H groups in total. The summed E-state index contributed by atoms with van der Waals surface area (Å²) in [6.07, 6.45) is 2.54. The Morgan fingerprint density at radius 1 is 1.21 bits per heavy atom. The maximum absolute atomic E-state index is 13.9. The predicted molar refractivity (Wildman–Crippen MR) is 104 cm³/mol. The minimum atomic E-state index is -1.01. The van der Waals surface area contributed by atoms with E-state index in [9.17, 15) is 19.1 Å². The minimum absolute atomic E-state index is 0.0654. The number of ketones is 1. The molecule has 0 heterocycles. The third-order valence-corrected chi connectivity index (χ3v) is 5.54. The van der Waals surface area contributed by atoms with Gasteiger partial charge in [0.2, 0.25) is 0 Å². The van der Waals surface area contributed by atoms with Gasteiger partial charge in [-0.15, -0.1) is 0 Å². The number of hydrogen-bond acceptors (Lipinski definition) is 4. The van der Waals surface area contributed by atoms with Crippen LogP contribution in [0.2, 0.25) is 0 Å². The Labute approximate surface area is 164 Å². The van der Waals surface area contributed by atoms with E-state index in [-0.39, 0.29) is 22.7 Å². The number of ether oxygens (including phenoxy) is 2. The number of hydrogen-bond donors (Lipinski definition) is 1. The maximum Gasteiger partial charge on any atom is 0.335 e. The lowest BCUT2D eigenvalue weighted by molar-refractivity contribution is -0.132. The lowest BCUT2D eigenvalue weighted by Gasteiger charge is -2.41. The Balaban J connectivity index is 2.44. The molecular weight excluding hydrogens is 363 g/mol. The average molecular weight is 388 g/mol. The summed E-state index contributed by atoms with van der Waals surface area (Å²) in [6.45, 7) is 7.19. The van der Waals surface area contributed by atoms with Crippen LogP contribution in [0.3, 0.4) is 0 Å². The van der Waals surface area contributed by atoms with Crippen molar-refractivity contribution in [3.05, 3.63) is 64.0 Å². The zero-order valence-corrected chi connectivity index (χ0v) is 16.9. The molecule has 2 unspecified atom stereocenters. The number of carboxylic acids is 1. The SMILES string of the molecule is COc1ccc(C(=O)C=CC2(C)C(C)=C(C)C(C(=O)O)=C(C)C2OC)cc1F. The molecule has 0 aliphatic heterocycles. The van der Waals surface area contributed by atoms with Crippen LogP contribution in [0.25, 0.3) is 0 Å². The van der Waals surface area contributed by atoms with E-state index in [1.165, 1.54) is 32.4 Å². The van der Waals surface area contributed by atoms with Gasteiger partial charge in [-0.2, -0.15) is 0 Å². The van der Waals surface area contributed by atoms with Crippen LogP contribution in [0.4, 0.5) is 4.39 Å². The van der Waals surface area contributed by atoms with Crippen molar-refractivity contribution in [2.45, 2.75) is 33.8 Å². The van der Waals surface area contributed by atoms with E-state index in [0.29, 0.717) is 11.1 Å². The molecule has 0 aromatic heterocycles. The molecular formula is C22H25FO5. The van der Waals surface area contributed by atoms with Crippen LogP contribution in [0.5, 0.6) is 5.75 Å². The molecule has 0 fully saturated rings. The van der Waals surface area contributed by atoms with Crippen molar-refractivity contribution in [3.63, 3.8) is 0 Å². The van der Waals surface area contributed by atoms with Crippen molar-refractivity contribution in [1.29, 1.82) is 0 Å². The molecule has 1 aliphatic rings. The monoisotopic (exact) mass is 388 g/mol. The highest BCUT2D eigenvalue weighted by molar-refractivity contribution is 6.04. The van der Waals surface area contributed by atoms with Gasteiger partial charge in [-0.1, -0.05) is 11.6 Å². The molecule has 2 atom stereocenters.